The van der Waals surface area contributed by atoms with Crippen LogP contribution in [0.4, 0.5) is 5.69 Å². The van der Waals surface area contributed by atoms with E-state index in [1.54, 1.807) is 24.3 Å². The van der Waals surface area contributed by atoms with Gasteiger partial charge in [-0.1, -0.05) is 23.7 Å². The molecule has 0 aliphatic heterocycles. The zero-order chi connectivity index (χ0) is 15.4. The first-order chi connectivity index (χ1) is 9.97. The number of nitrogens with one attached hydrogen (secondary N) is 1. The largest absolute Gasteiger partial charge is 0.489 e. The number of ether oxygens (including phenoxy) is 1. The zero-order valence-corrected chi connectivity index (χ0v) is 14.0. The number of hydrogen-bond acceptors (Lipinski definition) is 2. The topological polar surface area (TPSA) is 38.3 Å². The lowest BCUT2D eigenvalue weighted by atomic mass is 10.2. The Morgan fingerprint density at radius 1 is 1.24 bits per heavy atom. The summed E-state index contributed by atoms with van der Waals surface area (Å²) in [7, 11) is 0. The number of amides is 1. The molecule has 2 aromatic rings. The van der Waals surface area contributed by atoms with Crippen LogP contribution in [0.25, 0.3) is 0 Å². The van der Waals surface area contributed by atoms with E-state index in [0.717, 1.165) is 4.47 Å². The summed E-state index contributed by atoms with van der Waals surface area (Å²) in [6.07, 6.45) is 0.0326. The van der Waals surface area contributed by atoms with E-state index in [4.69, 9.17) is 16.3 Å². The predicted molar refractivity (Wildman–Crippen MR) is 89.3 cm³/mol. The molecule has 0 saturated heterocycles. The SMILES string of the molecule is CC(C)Oc1ccccc1NC(=O)c1ccc(Br)c(Cl)c1. The number of halogens is 2. The molecule has 0 fully saturated rings. The zero-order valence-electron chi connectivity index (χ0n) is 11.7. The summed E-state index contributed by atoms with van der Waals surface area (Å²) in [6.45, 7) is 3.88. The molecule has 0 spiro atoms. The highest BCUT2D eigenvalue weighted by Gasteiger charge is 2.11. The summed E-state index contributed by atoms with van der Waals surface area (Å²) in [4.78, 5) is 12.3. The van der Waals surface area contributed by atoms with E-state index < -0.39 is 0 Å². The third-order valence-electron chi connectivity index (χ3n) is 2.68. The fourth-order valence-corrected chi connectivity index (χ4v) is 2.19. The van der Waals surface area contributed by atoms with Gasteiger partial charge in [0.15, 0.2) is 0 Å². The molecular formula is C16H15BrClNO2. The third-order valence-corrected chi connectivity index (χ3v) is 3.91. The second kappa shape index (κ2) is 6.96. The Balaban J connectivity index is 2.21. The van der Waals surface area contributed by atoms with Crippen LogP contribution in [0.1, 0.15) is 24.2 Å². The molecule has 5 heteroatoms. The van der Waals surface area contributed by atoms with Crippen molar-refractivity contribution in [3.8, 4) is 5.75 Å². The molecule has 1 amide bonds. The smallest absolute Gasteiger partial charge is 0.255 e. The van der Waals surface area contributed by atoms with E-state index in [0.29, 0.717) is 22.0 Å². The number of carbonyl (C=O) groups excluding carboxylic acids is 1. The second-order valence-corrected chi connectivity index (χ2v) is 6.01. The summed E-state index contributed by atoms with van der Waals surface area (Å²) in [5, 5.41) is 3.34. The van der Waals surface area contributed by atoms with Crippen LogP contribution in [0.5, 0.6) is 5.75 Å². The van der Waals surface area contributed by atoms with Gasteiger partial charge in [0.2, 0.25) is 0 Å². The minimum absolute atomic E-state index is 0.0326. The van der Waals surface area contributed by atoms with E-state index in [2.05, 4.69) is 21.2 Å². The van der Waals surface area contributed by atoms with Crippen molar-refractivity contribution in [1.29, 1.82) is 0 Å². The molecule has 0 atom stereocenters. The van der Waals surface area contributed by atoms with Gasteiger partial charge in [0.05, 0.1) is 16.8 Å². The van der Waals surface area contributed by atoms with Crippen LogP contribution in [0, 0.1) is 0 Å². The average molecular weight is 369 g/mol. The van der Waals surface area contributed by atoms with Crippen LogP contribution >= 0.6 is 27.5 Å². The first-order valence-corrected chi connectivity index (χ1v) is 7.66. The number of rotatable bonds is 4. The van der Waals surface area contributed by atoms with Crippen molar-refractivity contribution in [2.45, 2.75) is 20.0 Å². The highest BCUT2D eigenvalue weighted by molar-refractivity contribution is 9.10. The molecule has 21 heavy (non-hydrogen) atoms. The maximum Gasteiger partial charge on any atom is 0.255 e. The van der Waals surface area contributed by atoms with Crippen molar-refractivity contribution >= 4 is 39.1 Å². The van der Waals surface area contributed by atoms with Crippen LogP contribution in [0.3, 0.4) is 0 Å². The molecule has 0 aromatic heterocycles. The Labute approximate surface area is 137 Å². The third kappa shape index (κ3) is 4.22. The molecule has 0 aliphatic carbocycles. The van der Waals surface area contributed by atoms with Gasteiger partial charge in [0, 0.05) is 10.0 Å². The molecular weight excluding hydrogens is 354 g/mol. The number of carbonyl (C=O) groups is 1. The minimum Gasteiger partial charge on any atom is -0.489 e. The Bertz CT molecular complexity index is 658. The molecule has 1 N–H and O–H groups in total. The highest BCUT2D eigenvalue weighted by Crippen LogP contribution is 2.27. The fourth-order valence-electron chi connectivity index (χ4n) is 1.76. The van der Waals surface area contributed by atoms with E-state index in [1.807, 2.05) is 32.0 Å². The van der Waals surface area contributed by atoms with Crippen LogP contribution in [0.15, 0.2) is 46.9 Å². The molecule has 0 bridgehead atoms. The Hall–Kier alpha value is -1.52. The summed E-state index contributed by atoms with van der Waals surface area (Å²) >= 11 is 9.31. The highest BCUT2D eigenvalue weighted by atomic mass is 79.9. The lowest BCUT2D eigenvalue weighted by molar-refractivity contribution is 0.102. The van der Waals surface area contributed by atoms with Crippen molar-refractivity contribution in [1.82, 2.24) is 0 Å². The minimum atomic E-state index is -0.232. The maximum absolute atomic E-state index is 12.3. The first-order valence-electron chi connectivity index (χ1n) is 6.49. The molecule has 110 valence electrons. The molecule has 0 radical (unpaired) electrons. The molecule has 0 unspecified atom stereocenters. The van der Waals surface area contributed by atoms with Crippen molar-refractivity contribution in [3.63, 3.8) is 0 Å². The van der Waals surface area contributed by atoms with Crippen molar-refractivity contribution in [2.24, 2.45) is 0 Å². The van der Waals surface area contributed by atoms with Gasteiger partial charge in [-0.05, 0) is 60.1 Å². The van der Waals surface area contributed by atoms with Crippen LogP contribution in [0.2, 0.25) is 5.02 Å². The van der Waals surface area contributed by atoms with Gasteiger partial charge < -0.3 is 10.1 Å². The van der Waals surface area contributed by atoms with Crippen molar-refractivity contribution < 1.29 is 9.53 Å². The molecule has 3 nitrogen and oxygen atoms in total. The summed E-state index contributed by atoms with van der Waals surface area (Å²) in [5.74, 6) is 0.410. The molecule has 2 rings (SSSR count). The number of anilines is 1. The van der Waals surface area contributed by atoms with Gasteiger partial charge in [-0.15, -0.1) is 0 Å². The standard InChI is InChI=1S/C16H15BrClNO2/c1-10(2)21-15-6-4-3-5-14(15)19-16(20)11-7-8-12(17)13(18)9-11/h3-10H,1-2H3,(H,19,20). The van der Waals surface area contributed by atoms with E-state index in [9.17, 15) is 4.79 Å². The van der Waals surface area contributed by atoms with E-state index in [-0.39, 0.29) is 12.0 Å². The van der Waals surface area contributed by atoms with Gasteiger partial charge in [0.1, 0.15) is 5.75 Å². The predicted octanol–water partition coefficient (Wildman–Crippen LogP) is 5.14. The number of hydrogen-bond donors (Lipinski definition) is 1. The van der Waals surface area contributed by atoms with E-state index >= 15 is 0 Å². The Morgan fingerprint density at radius 3 is 2.62 bits per heavy atom. The number of benzene rings is 2. The second-order valence-electron chi connectivity index (χ2n) is 4.75. The monoisotopic (exact) mass is 367 g/mol. The Morgan fingerprint density at radius 2 is 1.95 bits per heavy atom. The fraction of sp³-hybridized carbons (Fsp3) is 0.188. The average Bonchev–Trinajstić information content (AvgIpc) is 2.43. The molecule has 0 aliphatic rings. The van der Waals surface area contributed by atoms with Crippen molar-refractivity contribution in [3.05, 3.63) is 57.5 Å². The lowest BCUT2D eigenvalue weighted by Gasteiger charge is -2.14. The Kier molecular flexibility index (Phi) is 5.26. The van der Waals surface area contributed by atoms with Gasteiger partial charge in [-0.2, -0.15) is 0 Å². The van der Waals surface area contributed by atoms with Gasteiger partial charge >= 0.3 is 0 Å². The molecule has 0 heterocycles. The summed E-state index contributed by atoms with van der Waals surface area (Å²) < 4.78 is 6.43. The van der Waals surface area contributed by atoms with Gasteiger partial charge in [-0.25, -0.2) is 0 Å². The quantitative estimate of drug-likeness (QED) is 0.811. The van der Waals surface area contributed by atoms with Crippen LogP contribution < -0.4 is 10.1 Å². The van der Waals surface area contributed by atoms with Crippen LogP contribution in [-0.4, -0.2) is 12.0 Å². The number of para-hydroxylation sites is 2. The summed E-state index contributed by atoms with van der Waals surface area (Å²) in [6, 6.07) is 12.4. The van der Waals surface area contributed by atoms with E-state index in [1.165, 1.54) is 0 Å². The maximum atomic E-state index is 12.3. The van der Waals surface area contributed by atoms with Crippen LogP contribution in [-0.2, 0) is 0 Å². The molecule has 0 saturated carbocycles. The summed E-state index contributed by atoms with van der Waals surface area (Å²) in [5.41, 5.74) is 1.12. The normalized spacial score (nSPS) is 10.5. The lowest BCUT2D eigenvalue weighted by Crippen LogP contribution is -2.14. The van der Waals surface area contributed by atoms with Gasteiger partial charge in [-0.3, -0.25) is 4.79 Å². The first kappa shape index (κ1) is 15.9. The molecule has 2 aromatic carbocycles. The van der Waals surface area contributed by atoms with Crippen molar-refractivity contribution in [2.75, 3.05) is 5.32 Å². The van der Waals surface area contributed by atoms with Gasteiger partial charge in [0.25, 0.3) is 5.91 Å².